The first-order chi connectivity index (χ1) is 14.9. The summed E-state index contributed by atoms with van der Waals surface area (Å²) in [7, 11) is 1.34. The van der Waals surface area contributed by atoms with Crippen molar-refractivity contribution in [3.05, 3.63) is 69.7 Å². The zero-order chi connectivity index (χ0) is 22.4. The number of hydrogen-bond donors (Lipinski definition) is 0. The molecule has 1 atom stereocenters. The summed E-state index contributed by atoms with van der Waals surface area (Å²) in [5.74, 6) is 0.140. The third kappa shape index (κ3) is 6.59. The molecule has 9 heteroatoms. The van der Waals surface area contributed by atoms with E-state index in [4.69, 9.17) is 21.1 Å². The van der Waals surface area contributed by atoms with E-state index >= 15 is 0 Å². The van der Waals surface area contributed by atoms with Gasteiger partial charge in [-0.15, -0.1) is 11.3 Å². The standard InChI is InChI=1S/C22H22ClFN2O3S2/c1-14(24)11-26(31-22-25-15(2)13-30-22)19-9-8-18(23)10-20(19)29-12-16-4-6-17(7-5-16)21(27)28-3/h4-10,13-14H,11-12H2,1-3H3. The van der Waals surface area contributed by atoms with Crippen molar-refractivity contribution >= 4 is 46.5 Å². The first kappa shape index (κ1) is 23.4. The predicted octanol–water partition coefficient (Wildman–Crippen LogP) is 6.34. The fourth-order valence-electron chi connectivity index (χ4n) is 2.71. The summed E-state index contributed by atoms with van der Waals surface area (Å²) in [6, 6.07) is 12.2. The SMILES string of the molecule is COC(=O)c1ccc(COc2cc(Cl)ccc2N(CC(C)F)Sc2nc(C)cs2)cc1. The quantitative estimate of drug-likeness (QED) is 0.263. The van der Waals surface area contributed by atoms with Crippen LogP contribution in [0.15, 0.2) is 52.2 Å². The van der Waals surface area contributed by atoms with Crippen LogP contribution in [0.5, 0.6) is 5.75 Å². The number of carbonyl (C=O) groups is 1. The Balaban J connectivity index is 1.81. The molecule has 0 aliphatic carbocycles. The highest BCUT2D eigenvalue weighted by molar-refractivity contribution is 8.02. The predicted molar refractivity (Wildman–Crippen MR) is 124 cm³/mol. The van der Waals surface area contributed by atoms with Crippen LogP contribution in [0.1, 0.15) is 28.5 Å². The largest absolute Gasteiger partial charge is 0.487 e. The van der Waals surface area contributed by atoms with Gasteiger partial charge < -0.3 is 13.8 Å². The minimum absolute atomic E-state index is 0.162. The molecule has 1 aromatic heterocycles. The Kier molecular flexibility index (Phi) is 8.17. The van der Waals surface area contributed by atoms with E-state index in [0.29, 0.717) is 22.0 Å². The molecule has 0 spiro atoms. The Morgan fingerprint density at radius 3 is 2.65 bits per heavy atom. The summed E-state index contributed by atoms with van der Waals surface area (Å²) in [4.78, 5) is 16.1. The van der Waals surface area contributed by atoms with Gasteiger partial charge in [0.2, 0.25) is 0 Å². The number of esters is 1. The normalized spacial score (nSPS) is 11.8. The van der Waals surface area contributed by atoms with E-state index in [0.717, 1.165) is 15.6 Å². The minimum atomic E-state index is -1.05. The number of rotatable bonds is 9. The second kappa shape index (κ2) is 10.8. The highest BCUT2D eigenvalue weighted by atomic mass is 35.5. The maximum Gasteiger partial charge on any atom is 0.337 e. The summed E-state index contributed by atoms with van der Waals surface area (Å²) in [5, 5.41) is 2.47. The number of methoxy groups -OCH3 is 1. The molecule has 0 amide bonds. The van der Waals surface area contributed by atoms with Gasteiger partial charge in [0.15, 0.2) is 4.34 Å². The van der Waals surface area contributed by atoms with E-state index in [1.165, 1.54) is 37.3 Å². The van der Waals surface area contributed by atoms with E-state index < -0.39 is 12.1 Å². The lowest BCUT2D eigenvalue weighted by Gasteiger charge is -2.25. The molecule has 5 nitrogen and oxygen atoms in total. The number of ether oxygens (including phenoxy) is 2. The maximum absolute atomic E-state index is 14.0. The molecule has 0 aliphatic heterocycles. The van der Waals surface area contributed by atoms with E-state index in [1.807, 2.05) is 22.7 Å². The third-order valence-electron chi connectivity index (χ3n) is 4.16. The van der Waals surface area contributed by atoms with Gasteiger partial charge in [-0.05, 0) is 43.7 Å². The number of nitrogens with zero attached hydrogens (tertiary/aromatic N) is 2. The van der Waals surface area contributed by atoms with Crippen LogP contribution in [0, 0.1) is 6.92 Å². The lowest BCUT2D eigenvalue weighted by Crippen LogP contribution is -2.23. The number of anilines is 1. The van der Waals surface area contributed by atoms with Crippen molar-refractivity contribution < 1.29 is 18.7 Å². The lowest BCUT2D eigenvalue weighted by molar-refractivity contribution is 0.0600. The molecule has 0 saturated carbocycles. The van der Waals surface area contributed by atoms with Crippen LogP contribution < -0.4 is 9.04 Å². The number of thiazole rings is 1. The zero-order valence-electron chi connectivity index (χ0n) is 17.3. The average molecular weight is 481 g/mol. The molecule has 0 radical (unpaired) electrons. The minimum Gasteiger partial charge on any atom is -0.487 e. The van der Waals surface area contributed by atoms with Gasteiger partial charge in [-0.25, -0.2) is 14.2 Å². The molecule has 0 aliphatic rings. The van der Waals surface area contributed by atoms with Gasteiger partial charge in [-0.2, -0.15) is 0 Å². The number of halogens is 2. The molecular formula is C22H22ClFN2O3S2. The number of carbonyl (C=O) groups excluding carboxylic acids is 1. The molecule has 1 heterocycles. The molecule has 164 valence electrons. The molecule has 0 N–H and O–H groups in total. The Morgan fingerprint density at radius 2 is 2.03 bits per heavy atom. The second-order valence-electron chi connectivity index (χ2n) is 6.78. The van der Waals surface area contributed by atoms with Gasteiger partial charge >= 0.3 is 5.97 Å². The number of hydrogen-bond acceptors (Lipinski definition) is 7. The highest BCUT2D eigenvalue weighted by Crippen LogP contribution is 2.39. The average Bonchev–Trinajstić information content (AvgIpc) is 3.16. The molecule has 0 saturated heterocycles. The van der Waals surface area contributed by atoms with Gasteiger partial charge in [0, 0.05) is 34.1 Å². The van der Waals surface area contributed by atoms with Crippen molar-refractivity contribution in [3.63, 3.8) is 0 Å². The van der Waals surface area contributed by atoms with E-state index in [1.54, 1.807) is 36.4 Å². The number of benzene rings is 2. The lowest BCUT2D eigenvalue weighted by atomic mass is 10.1. The zero-order valence-corrected chi connectivity index (χ0v) is 19.7. The molecule has 0 fully saturated rings. The van der Waals surface area contributed by atoms with Crippen LogP contribution in [0.3, 0.4) is 0 Å². The third-order valence-corrected chi connectivity index (χ3v) is 6.48. The summed E-state index contributed by atoms with van der Waals surface area (Å²) >= 11 is 9.08. The first-order valence-electron chi connectivity index (χ1n) is 9.47. The monoisotopic (exact) mass is 480 g/mol. The van der Waals surface area contributed by atoms with E-state index in [-0.39, 0.29) is 13.2 Å². The molecule has 3 aromatic rings. The second-order valence-corrected chi connectivity index (χ2v) is 9.34. The fourth-order valence-corrected chi connectivity index (χ4v) is 4.88. The van der Waals surface area contributed by atoms with Gasteiger partial charge in [-0.1, -0.05) is 23.7 Å². The van der Waals surface area contributed by atoms with Crippen LogP contribution in [-0.4, -0.2) is 30.8 Å². The van der Waals surface area contributed by atoms with Crippen molar-refractivity contribution in [2.75, 3.05) is 18.0 Å². The topological polar surface area (TPSA) is 51.7 Å². The van der Waals surface area contributed by atoms with Crippen LogP contribution in [0.25, 0.3) is 0 Å². The number of aryl methyl sites for hydroxylation is 1. The highest BCUT2D eigenvalue weighted by Gasteiger charge is 2.19. The maximum atomic E-state index is 14.0. The van der Waals surface area contributed by atoms with Crippen LogP contribution in [-0.2, 0) is 11.3 Å². The molecule has 31 heavy (non-hydrogen) atoms. The number of aromatic nitrogens is 1. The molecule has 0 bridgehead atoms. The Hall–Kier alpha value is -2.29. The number of alkyl halides is 1. The Labute approximate surface area is 194 Å². The molecule has 1 unspecified atom stereocenters. The van der Waals surface area contributed by atoms with E-state index in [9.17, 15) is 9.18 Å². The molecule has 2 aromatic carbocycles. The van der Waals surface area contributed by atoms with Gasteiger partial charge in [0.1, 0.15) is 18.5 Å². The van der Waals surface area contributed by atoms with Gasteiger partial charge in [-0.3, -0.25) is 0 Å². The van der Waals surface area contributed by atoms with Crippen molar-refractivity contribution in [2.24, 2.45) is 0 Å². The van der Waals surface area contributed by atoms with Crippen LogP contribution in [0.2, 0.25) is 5.02 Å². The van der Waals surface area contributed by atoms with E-state index in [2.05, 4.69) is 4.98 Å². The first-order valence-corrected chi connectivity index (χ1v) is 11.5. The van der Waals surface area contributed by atoms with Crippen LogP contribution >= 0.6 is 34.9 Å². The van der Waals surface area contributed by atoms with Gasteiger partial charge in [0.25, 0.3) is 0 Å². The Bertz CT molecular complexity index is 1030. The fraction of sp³-hybridized carbons (Fsp3) is 0.273. The van der Waals surface area contributed by atoms with Gasteiger partial charge in [0.05, 0.1) is 24.9 Å². The van der Waals surface area contributed by atoms with Crippen molar-refractivity contribution in [3.8, 4) is 5.75 Å². The van der Waals surface area contributed by atoms with Crippen molar-refractivity contribution in [2.45, 2.75) is 31.0 Å². The summed E-state index contributed by atoms with van der Waals surface area (Å²) < 4.78 is 27.4. The van der Waals surface area contributed by atoms with Crippen LogP contribution in [0.4, 0.5) is 10.1 Å². The van der Waals surface area contributed by atoms with Crippen molar-refractivity contribution in [1.82, 2.24) is 4.98 Å². The summed E-state index contributed by atoms with van der Waals surface area (Å²) in [5.41, 5.74) is 2.96. The molecule has 3 rings (SSSR count). The Morgan fingerprint density at radius 1 is 1.29 bits per heavy atom. The summed E-state index contributed by atoms with van der Waals surface area (Å²) in [6.07, 6.45) is -1.05. The summed E-state index contributed by atoms with van der Waals surface area (Å²) in [6.45, 7) is 3.86. The van der Waals surface area contributed by atoms with Crippen molar-refractivity contribution in [1.29, 1.82) is 0 Å². The molecular weight excluding hydrogens is 459 g/mol. The smallest absolute Gasteiger partial charge is 0.337 e.